The van der Waals surface area contributed by atoms with Crippen molar-refractivity contribution in [1.29, 1.82) is 0 Å². The average molecular weight is 425 g/mol. The van der Waals surface area contributed by atoms with Gasteiger partial charge in [-0.25, -0.2) is 4.79 Å². The highest BCUT2D eigenvalue weighted by Gasteiger charge is 2.27. The zero-order valence-electron chi connectivity index (χ0n) is 16.7. The minimum atomic E-state index is -1.03. The third kappa shape index (κ3) is 5.67. The number of amides is 1. The number of carbonyl (C=O) groups is 2. The molecular formula is C23H24N2O4S. The highest BCUT2D eigenvalue weighted by molar-refractivity contribution is 8.05. The number of rotatable bonds is 9. The Morgan fingerprint density at radius 2 is 2.07 bits per heavy atom. The summed E-state index contributed by atoms with van der Waals surface area (Å²) in [7, 11) is 0. The number of benzene rings is 2. The summed E-state index contributed by atoms with van der Waals surface area (Å²) in [6.07, 6.45) is 5.05. The minimum Gasteiger partial charge on any atom is -0.482 e. The first-order valence-corrected chi connectivity index (χ1v) is 10.5. The van der Waals surface area contributed by atoms with Crippen molar-refractivity contribution in [3.63, 3.8) is 0 Å². The fourth-order valence-corrected chi connectivity index (χ4v) is 3.97. The van der Waals surface area contributed by atoms with Gasteiger partial charge in [0.2, 0.25) is 0 Å². The number of nitrogens with one attached hydrogen (secondary N) is 2. The van der Waals surface area contributed by atoms with Gasteiger partial charge in [-0.15, -0.1) is 6.58 Å². The van der Waals surface area contributed by atoms with Crippen LogP contribution in [0.25, 0.3) is 6.08 Å². The van der Waals surface area contributed by atoms with Gasteiger partial charge in [-0.3, -0.25) is 4.79 Å². The van der Waals surface area contributed by atoms with E-state index in [1.54, 1.807) is 18.2 Å². The van der Waals surface area contributed by atoms with Crippen molar-refractivity contribution in [3.05, 3.63) is 76.7 Å². The topological polar surface area (TPSA) is 87.7 Å². The lowest BCUT2D eigenvalue weighted by molar-refractivity contribution is -0.139. The quantitative estimate of drug-likeness (QED) is 0.416. The van der Waals surface area contributed by atoms with Crippen molar-refractivity contribution in [1.82, 2.24) is 5.32 Å². The molecule has 1 amide bonds. The summed E-state index contributed by atoms with van der Waals surface area (Å²) < 4.78 is 5.33. The van der Waals surface area contributed by atoms with Crippen molar-refractivity contribution in [2.75, 3.05) is 11.9 Å². The summed E-state index contributed by atoms with van der Waals surface area (Å²) >= 11 is 1.42. The number of aryl methyl sites for hydroxylation is 1. The number of thioether (sulfide) groups is 1. The van der Waals surface area contributed by atoms with Gasteiger partial charge in [-0.1, -0.05) is 43.0 Å². The zero-order valence-corrected chi connectivity index (χ0v) is 17.5. The molecule has 0 saturated carbocycles. The molecule has 3 rings (SSSR count). The van der Waals surface area contributed by atoms with Crippen LogP contribution in [0.4, 0.5) is 5.69 Å². The molecule has 1 aliphatic heterocycles. The van der Waals surface area contributed by atoms with Gasteiger partial charge < -0.3 is 20.5 Å². The standard InChI is InChI=1S/C23H24N2O4S/c1-3-5-17-12-16(8-11-19(17)29-14-21(26)27)13-20-22(28)25-23(30-20)24-18-9-6-15(4-2)7-10-18/h3,6-13,23-24H,1,4-5,14H2,2H3,(H,25,28)(H,26,27)/b20-13-/t23-/m1/s1. The molecule has 1 aliphatic rings. The lowest BCUT2D eigenvalue weighted by Crippen LogP contribution is -2.30. The van der Waals surface area contributed by atoms with Gasteiger partial charge in [0.05, 0.1) is 4.91 Å². The third-order valence-corrected chi connectivity index (χ3v) is 5.52. The molecule has 6 nitrogen and oxygen atoms in total. The Bertz CT molecular complexity index is 970. The molecule has 3 N–H and O–H groups in total. The minimum absolute atomic E-state index is 0.140. The first-order chi connectivity index (χ1) is 14.5. The molecule has 2 aromatic carbocycles. The van der Waals surface area contributed by atoms with Crippen LogP contribution in [0, 0.1) is 0 Å². The third-order valence-electron chi connectivity index (χ3n) is 4.49. The summed E-state index contributed by atoms with van der Waals surface area (Å²) in [5.41, 5.74) is 3.60. The second-order valence-electron chi connectivity index (χ2n) is 6.72. The number of hydrogen-bond acceptors (Lipinski definition) is 5. The highest BCUT2D eigenvalue weighted by atomic mass is 32.2. The van der Waals surface area contributed by atoms with Crippen LogP contribution in [0.3, 0.4) is 0 Å². The van der Waals surface area contributed by atoms with E-state index in [0.29, 0.717) is 17.1 Å². The molecule has 1 fully saturated rings. The fraction of sp³-hybridized carbons (Fsp3) is 0.217. The van der Waals surface area contributed by atoms with Crippen LogP contribution in [0.5, 0.6) is 5.75 Å². The molecule has 30 heavy (non-hydrogen) atoms. The van der Waals surface area contributed by atoms with Gasteiger partial charge in [-0.2, -0.15) is 0 Å². The van der Waals surface area contributed by atoms with E-state index < -0.39 is 12.6 Å². The van der Waals surface area contributed by atoms with Crippen molar-refractivity contribution in [2.24, 2.45) is 0 Å². The monoisotopic (exact) mass is 424 g/mol. The maximum atomic E-state index is 12.4. The number of carboxylic acids is 1. The highest BCUT2D eigenvalue weighted by Crippen LogP contribution is 2.31. The molecule has 0 radical (unpaired) electrons. The SMILES string of the molecule is C=CCc1cc(/C=C2\S[C@H](Nc3ccc(CC)cc3)NC2=O)ccc1OCC(=O)O. The largest absolute Gasteiger partial charge is 0.482 e. The predicted molar refractivity (Wildman–Crippen MR) is 120 cm³/mol. The van der Waals surface area contributed by atoms with E-state index >= 15 is 0 Å². The van der Waals surface area contributed by atoms with Crippen LogP contribution in [0.1, 0.15) is 23.6 Å². The Hall–Kier alpha value is -3.19. The molecule has 156 valence electrons. The normalized spacial score (nSPS) is 16.9. The maximum Gasteiger partial charge on any atom is 0.341 e. The summed E-state index contributed by atoms with van der Waals surface area (Å²) in [5.74, 6) is -0.676. The summed E-state index contributed by atoms with van der Waals surface area (Å²) in [6, 6.07) is 13.5. The van der Waals surface area contributed by atoms with Gasteiger partial charge in [-0.05, 0) is 59.9 Å². The van der Waals surface area contributed by atoms with Crippen molar-refractivity contribution in [2.45, 2.75) is 25.3 Å². The number of allylic oxidation sites excluding steroid dienone is 1. The molecule has 1 saturated heterocycles. The lowest BCUT2D eigenvalue weighted by atomic mass is 10.1. The average Bonchev–Trinajstić information content (AvgIpc) is 3.06. The summed E-state index contributed by atoms with van der Waals surface area (Å²) in [5, 5.41) is 15.0. The molecule has 0 aromatic heterocycles. The smallest absolute Gasteiger partial charge is 0.341 e. The molecule has 0 spiro atoms. The first-order valence-electron chi connectivity index (χ1n) is 9.61. The molecule has 0 unspecified atom stereocenters. The number of ether oxygens (including phenoxy) is 1. The molecule has 0 bridgehead atoms. The Morgan fingerprint density at radius 1 is 1.30 bits per heavy atom. The molecule has 7 heteroatoms. The number of hydrogen-bond donors (Lipinski definition) is 3. The van der Waals surface area contributed by atoms with Gasteiger partial charge in [0.15, 0.2) is 12.1 Å². The van der Waals surface area contributed by atoms with E-state index in [1.165, 1.54) is 17.3 Å². The van der Waals surface area contributed by atoms with Gasteiger partial charge in [0, 0.05) is 5.69 Å². The van der Waals surface area contributed by atoms with Crippen LogP contribution >= 0.6 is 11.8 Å². The Labute approximate surface area is 180 Å². The number of carboxylic acid groups (broad SMARTS) is 1. The van der Waals surface area contributed by atoms with Crippen LogP contribution in [0.15, 0.2) is 60.0 Å². The van der Waals surface area contributed by atoms with Crippen LogP contribution < -0.4 is 15.4 Å². The van der Waals surface area contributed by atoms with E-state index in [4.69, 9.17) is 9.84 Å². The van der Waals surface area contributed by atoms with E-state index in [1.807, 2.05) is 24.3 Å². The van der Waals surface area contributed by atoms with Crippen molar-refractivity contribution in [3.8, 4) is 5.75 Å². The van der Waals surface area contributed by atoms with E-state index in [0.717, 1.165) is 23.2 Å². The Balaban J connectivity index is 1.72. The molecule has 0 aliphatic carbocycles. The number of aliphatic carboxylic acids is 1. The van der Waals surface area contributed by atoms with Crippen molar-refractivity contribution < 1.29 is 19.4 Å². The predicted octanol–water partition coefficient (Wildman–Crippen LogP) is 4.04. The van der Waals surface area contributed by atoms with Crippen LogP contribution in [-0.4, -0.2) is 29.1 Å². The summed E-state index contributed by atoms with van der Waals surface area (Å²) in [4.78, 5) is 23.7. The first kappa shape index (κ1) is 21.5. The molecule has 2 aromatic rings. The molecule has 1 atom stereocenters. The van der Waals surface area contributed by atoms with Gasteiger partial charge in [0.25, 0.3) is 5.91 Å². The second-order valence-corrected chi connectivity index (χ2v) is 7.86. The van der Waals surface area contributed by atoms with Crippen LogP contribution in [0.2, 0.25) is 0 Å². The van der Waals surface area contributed by atoms with Gasteiger partial charge in [0.1, 0.15) is 5.75 Å². The van der Waals surface area contributed by atoms with E-state index in [9.17, 15) is 9.59 Å². The fourth-order valence-electron chi connectivity index (χ4n) is 2.99. The van der Waals surface area contributed by atoms with Crippen LogP contribution in [-0.2, 0) is 22.4 Å². The van der Waals surface area contributed by atoms with Gasteiger partial charge >= 0.3 is 5.97 Å². The molecule has 1 heterocycles. The summed E-state index contributed by atoms with van der Waals surface area (Å²) in [6.45, 7) is 5.44. The Morgan fingerprint density at radius 3 is 2.73 bits per heavy atom. The van der Waals surface area contributed by atoms with E-state index in [-0.39, 0.29) is 11.4 Å². The second kappa shape index (κ2) is 10.0. The zero-order chi connectivity index (χ0) is 21.5. The maximum absolute atomic E-state index is 12.4. The number of carbonyl (C=O) groups excluding carboxylic acids is 1. The Kier molecular flexibility index (Phi) is 7.19. The lowest BCUT2D eigenvalue weighted by Gasteiger charge is -2.13. The molecular weight excluding hydrogens is 400 g/mol. The van der Waals surface area contributed by atoms with Crippen molar-refractivity contribution >= 4 is 35.4 Å². The number of anilines is 1. The van der Waals surface area contributed by atoms with E-state index in [2.05, 4.69) is 36.3 Å².